The average molecular weight is 153 g/mol. The standard InChI is InChI=1S/C8H15N3/c1-2-8-10-6-3-4-9-5-7(6)11-8/h6-7,9H,2-5H2,1H3,(H,10,11). The first-order chi connectivity index (χ1) is 5.40. The Bertz CT molecular complexity index is 176. The lowest BCUT2D eigenvalue weighted by Gasteiger charge is -2.24. The first kappa shape index (κ1) is 7.10. The minimum absolute atomic E-state index is 0.561. The molecule has 0 aromatic carbocycles. The van der Waals surface area contributed by atoms with Gasteiger partial charge in [0.25, 0.3) is 0 Å². The van der Waals surface area contributed by atoms with Gasteiger partial charge in [-0.2, -0.15) is 0 Å². The minimum atomic E-state index is 0.561. The number of rotatable bonds is 1. The summed E-state index contributed by atoms with van der Waals surface area (Å²) in [6, 6.07) is 1.14. The molecule has 2 atom stereocenters. The van der Waals surface area contributed by atoms with Crippen molar-refractivity contribution >= 4 is 5.84 Å². The van der Waals surface area contributed by atoms with Crippen molar-refractivity contribution in [3.05, 3.63) is 0 Å². The molecule has 62 valence electrons. The van der Waals surface area contributed by atoms with Crippen LogP contribution in [0.15, 0.2) is 4.99 Å². The van der Waals surface area contributed by atoms with E-state index in [9.17, 15) is 0 Å². The van der Waals surface area contributed by atoms with Gasteiger partial charge in [-0.1, -0.05) is 6.92 Å². The van der Waals surface area contributed by atoms with Crippen molar-refractivity contribution in [2.75, 3.05) is 13.1 Å². The minimum Gasteiger partial charge on any atom is -0.368 e. The Kier molecular flexibility index (Phi) is 1.82. The molecule has 0 radical (unpaired) electrons. The van der Waals surface area contributed by atoms with E-state index in [1.165, 1.54) is 12.3 Å². The molecule has 2 aliphatic rings. The summed E-state index contributed by atoms with van der Waals surface area (Å²) in [7, 11) is 0. The number of fused-ring (bicyclic) bond motifs is 1. The number of nitrogens with one attached hydrogen (secondary N) is 2. The zero-order valence-corrected chi connectivity index (χ0v) is 6.93. The number of piperidine rings is 1. The largest absolute Gasteiger partial charge is 0.368 e. The van der Waals surface area contributed by atoms with Crippen molar-refractivity contribution in [3.8, 4) is 0 Å². The maximum Gasteiger partial charge on any atom is 0.0968 e. The predicted molar refractivity (Wildman–Crippen MR) is 45.9 cm³/mol. The summed E-state index contributed by atoms with van der Waals surface area (Å²) in [5.74, 6) is 1.20. The summed E-state index contributed by atoms with van der Waals surface area (Å²) in [4.78, 5) is 4.59. The molecule has 0 aromatic rings. The molecule has 2 unspecified atom stereocenters. The molecule has 2 rings (SSSR count). The Morgan fingerprint density at radius 2 is 2.55 bits per heavy atom. The Labute approximate surface area is 67.3 Å². The van der Waals surface area contributed by atoms with Gasteiger partial charge in [0.15, 0.2) is 0 Å². The first-order valence-corrected chi connectivity index (χ1v) is 4.44. The van der Waals surface area contributed by atoms with Gasteiger partial charge in [0.2, 0.25) is 0 Å². The molecule has 2 N–H and O–H groups in total. The third kappa shape index (κ3) is 1.25. The fourth-order valence-electron chi connectivity index (χ4n) is 1.79. The van der Waals surface area contributed by atoms with Crippen LogP contribution in [0.1, 0.15) is 19.8 Å². The van der Waals surface area contributed by atoms with Gasteiger partial charge in [-0.15, -0.1) is 0 Å². The number of hydrogen-bond donors (Lipinski definition) is 2. The molecule has 2 heterocycles. The van der Waals surface area contributed by atoms with Crippen LogP contribution in [0, 0.1) is 0 Å². The van der Waals surface area contributed by atoms with Crippen LogP contribution in [0.2, 0.25) is 0 Å². The van der Waals surface area contributed by atoms with E-state index in [1.54, 1.807) is 0 Å². The molecule has 1 fully saturated rings. The van der Waals surface area contributed by atoms with Gasteiger partial charge < -0.3 is 10.6 Å². The quantitative estimate of drug-likeness (QED) is 0.561. The van der Waals surface area contributed by atoms with Gasteiger partial charge >= 0.3 is 0 Å². The molecule has 0 aliphatic carbocycles. The second-order valence-electron chi connectivity index (χ2n) is 3.24. The molecule has 0 aromatic heterocycles. The predicted octanol–water partition coefficient (Wildman–Crippen LogP) is 0.129. The van der Waals surface area contributed by atoms with Crippen LogP contribution >= 0.6 is 0 Å². The highest BCUT2D eigenvalue weighted by molar-refractivity contribution is 5.84. The zero-order chi connectivity index (χ0) is 7.68. The van der Waals surface area contributed by atoms with Crippen molar-refractivity contribution in [2.24, 2.45) is 4.99 Å². The number of aliphatic imine (C=N–C) groups is 1. The summed E-state index contributed by atoms with van der Waals surface area (Å²) < 4.78 is 0. The number of nitrogens with zero attached hydrogens (tertiary/aromatic N) is 1. The van der Waals surface area contributed by atoms with Gasteiger partial charge in [-0.3, -0.25) is 4.99 Å². The molecule has 3 heteroatoms. The van der Waals surface area contributed by atoms with Crippen LogP contribution in [-0.4, -0.2) is 31.0 Å². The fourth-order valence-corrected chi connectivity index (χ4v) is 1.79. The van der Waals surface area contributed by atoms with Gasteiger partial charge in [0.05, 0.1) is 17.9 Å². The van der Waals surface area contributed by atoms with Crippen LogP contribution < -0.4 is 10.6 Å². The van der Waals surface area contributed by atoms with E-state index in [0.29, 0.717) is 12.1 Å². The summed E-state index contributed by atoms with van der Waals surface area (Å²) in [6.07, 6.45) is 2.24. The van der Waals surface area contributed by atoms with Crippen molar-refractivity contribution in [1.82, 2.24) is 10.6 Å². The van der Waals surface area contributed by atoms with E-state index >= 15 is 0 Å². The second kappa shape index (κ2) is 2.81. The van der Waals surface area contributed by atoms with Crippen LogP contribution in [0.3, 0.4) is 0 Å². The van der Waals surface area contributed by atoms with E-state index in [2.05, 4.69) is 22.5 Å². The molecule has 1 saturated heterocycles. The molecule has 2 aliphatic heterocycles. The summed E-state index contributed by atoms with van der Waals surface area (Å²) in [5, 5.41) is 6.80. The third-order valence-electron chi connectivity index (χ3n) is 2.45. The van der Waals surface area contributed by atoms with Crippen molar-refractivity contribution in [3.63, 3.8) is 0 Å². The SMILES string of the molecule is CCC1=NC2CCNCC2N1. The van der Waals surface area contributed by atoms with Gasteiger partial charge in [0.1, 0.15) is 0 Å². The lowest BCUT2D eigenvalue weighted by atomic mass is 10.0. The Balaban J connectivity index is 2.02. The lowest BCUT2D eigenvalue weighted by molar-refractivity contribution is 0.402. The van der Waals surface area contributed by atoms with Crippen molar-refractivity contribution < 1.29 is 0 Å². The molecule has 0 bridgehead atoms. The summed E-state index contributed by atoms with van der Waals surface area (Å²) in [6.45, 7) is 4.36. The average Bonchev–Trinajstić information content (AvgIpc) is 2.46. The van der Waals surface area contributed by atoms with E-state index in [4.69, 9.17) is 0 Å². The highest BCUT2D eigenvalue weighted by atomic mass is 15.2. The summed E-state index contributed by atoms with van der Waals surface area (Å²) in [5.41, 5.74) is 0. The topological polar surface area (TPSA) is 36.4 Å². The van der Waals surface area contributed by atoms with Gasteiger partial charge in [-0.25, -0.2) is 0 Å². The molecule has 3 nitrogen and oxygen atoms in total. The maximum atomic E-state index is 4.59. The van der Waals surface area contributed by atoms with Crippen LogP contribution in [0.5, 0.6) is 0 Å². The Hall–Kier alpha value is -0.570. The van der Waals surface area contributed by atoms with Crippen LogP contribution in [0.25, 0.3) is 0 Å². The molecule has 11 heavy (non-hydrogen) atoms. The smallest absolute Gasteiger partial charge is 0.0968 e. The van der Waals surface area contributed by atoms with Gasteiger partial charge in [0, 0.05) is 13.0 Å². The van der Waals surface area contributed by atoms with Crippen LogP contribution in [0.4, 0.5) is 0 Å². The Morgan fingerprint density at radius 1 is 1.64 bits per heavy atom. The third-order valence-corrected chi connectivity index (χ3v) is 2.45. The number of amidine groups is 1. The van der Waals surface area contributed by atoms with E-state index < -0.39 is 0 Å². The van der Waals surface area contributed by atoms with E-state index in [0.717, 1.165) is 19.5 Å². The van der Waals surface area contributed by atoms with Crippen molar-refractivity contribution in [2.45, 2.75) is 31.8 Å². The molecule has 0 amide bonds. The molecular weight excluding hydrogens is 138 g/mol. The molecule has 0 spiro atoms. The first-order valence-electron chi connectivity index (χ1n) is 4.44. The normalized spacial score (nSPS) is 35.9. The van der Waals surface area contributed by atoms with E-state index in [-0.39, 0.29) is 0 Å². The van der Waals surface area contributed by atoms with Crippen molar-refractivity contribution in [1.29, 1.82) is 0 Å². The lowest BCUT2D eigenvalue weighted by Crippen LogP contribution is -2.48. The zero-order valence-electron chi connectivity index (χ0n) is 6.93. The van der Waals surface area contributed by atoms with Gasteiger partial charge in [-0.05, 0) is 13.0 Å². The van der Waals surface area contributed by atoms with E-state index in [1.807, 2.05) is 0 Å². The van der Waals surface area contributed by atoms with Crippen LogP contribution in [-0.2, 0) is 0 Å². The monoisotopic (exact) mass is 153 g/mol. The number of hydrogen-bond acceptors (Lipinski definition) is 3. The second-order valence-corrected chi connectivity index (χ2v) is 3.24. The fraction of sp³-hybridized carbons (Fsp3) is 0.875. The highest BCUT2D eigenvalue weighted by Gasteiger charge is 2.29. The molecule has 0 saturated carbocycles. The molecular formula is C8H15N3. The summed E-state index contributed by atoms with van der Waals surface area (Å²) >= 11 is 0. The maximum absolute atomic E-state index is 4.59. The highest BCUT2D eigenvalue weighted by Crippen LogP contribution is 2.14. The Morgan fingerprint density at radius 3 is 3.27 bits per heavy atom.